The van der Waals surface area contributed by atoms with Crippen molar-refractivity contribution in [1.29, 1.82) is 0 Å². The third kappa shape index (κ3) is 3.51. The maximum Gasteiger partial charge on any atom is 0.257 e. The van der Waals surface area contributed by atoms with Gasteiger partial charge in [0, 0.05) is 19.5 Å². The number of carbonyl (C=O) groups excluding carboxylic acids is 1. The number of rotatable bonds is 4. The van der Waals surface area contributed by atoms with Gasteiger partial charge in [-0.25, -0.2) is 9.97 Å². The van der Waals surface area contributed by atoms with Crippen molar-refractivity contribution in [2.75, 3.05) is 18.0 Å². The Bertz CT molecular complexity index is 743. The summed E-state index contributed by atoms with van der Waals surface area (Å²) in [5, 5.41) is 10.5. The molecule has 0 atom stereocenters. The Morgan fingerprint density at radius 1 is 1.29 bits per heavy atom. The number of nitrogens with zero attached hydrogens (tertiary/aromatic N) is 3. The number of hydrogen-bond acceptors (Lipinski definition) is 5. The number of halogens is 1. The van der Waals surface area contributed by atoms with E-state index >= 15 is 0 Å². The number of piperidine rings is 1. The van der Waals surface area contributed by atoms with E-state index < -0.39 is 0 Å². The fourth-order valence-electron chi connectivity index (χ4n) is 3.13. The Balaban J connectivity index is 1.65. The summed E-state index contributed by atoms with van der Waals surface area (Å²) >= 11 is 6.27. The molecule has 2 aromatic rings. The minimum Gasteiger partial charge on any atom is -0.504 e. The molecule has 24 heavy (non-hydrogen) atoms. The number of para-hydroxylation sites is 1. The molecule has 0 spiro atoms. The molecule has 3 rings (SSSR count). The predicted molar refractivity (Wildman–Crippen MR) is 93.3 cm³/mol. The van der Waals surface area contributed by atoms with Gasteiger partial charge in [-0.2, -0.15) is 0 Å². The minimum absolute atomic E-state index is 0.0500. The quantitative estimate of drug-likeness (QED) is 0.923. The summed E-state index contributed by atoms with van der Waals surface area (Å²) in [7, 11) is 0. The molecule has 0 unspecified atom stereocenters. The monoisotopic (exact) mass is 344 g/mol. The van der Waals surface area contributed by atoms with Gasteiger partial charge in [-0.15, -0.1) is 0 Å². The summed E-state index contributed by atoms with van der Waals surface area (Å²) in [5.41, 5.74) is 1.45. The number of aromatic hydroxyl groups is 1. The molecular formula is C18H19ClN3O2. The van der Waals surface area contributed by atoms with Crippen LogP contribution >= 0.6 is 11.6 Å². The van der Waals surface area contributed by atoms with Gasteiger partial charge in [0.1, 0.15) is 5.82 Å². The van der Waals surface area contributed by atoms with Crippen molar-refractivity contribution in [2.45, 2.75) is 26.2 Å². The van der Waals surface area contributed by atoms with Crippen LogP contribution in [0.4, 0.5) is 5.69 Å². The Morgan fingerprint density at radius 3 is 2.67 bits per heavy atom. The zero-order valence-electron chi connectivity index (χ0n) is 13.5. The molecule has 1 aromatic carbocycles. The van der Waals surface area contributed by atoms with Crippen LogP contribution in [-0.2, 0) is 11.2 Å². The second-order valence-corrected chi connectivity index (χ2v) is 6.52. The zero-order valence-corrected chi connectivity index (χ0v) is 14.3. The molecule has 1 N–H and O–H groups in total. The highest BCUT2D eigenvalue weighted by molar-refractivity contribution is 6.33. The van der Waals surface area contributed by atoms with E-state index in [1.54, 1.807) is 13.2 Å². The van der Waals surface area contributed by atoms with Gasteiger partial charge >= 0.3 is 0 Å². The first-order valence-corrected chi connectivity index (χ1v) is 8.40. The van der Waals surface area contributed by atoms with Crippen molar-refractivity contribution < 1.29 is 9.90 Å². The van der Waals surface area contributed by atoms with E-state index in [9.17, 15) is 9.90 Å². The molecule has 0 bridgehead atoms. The molecule has 5 nitrogen and oxygen atoms in total. The predicted octanol–water partition coefficient (Wildman–Crippen LogP) is 3.06. The highest BCUT2D eigenvalue weighted by Gasteiger charge is 2.22. The van der Waals surface area contributed by atoms with Gasteiger partial charge < -0.3 is 10.0 Å². The first-order valence-electron chi connectivity index (χ1n) is 8.02. The lowest BCUT2D eigenvalue weighted by atomic mass is 9.93. The zero-order chi connectivity index (χ0) is 17.1. The van der Waals surface area contributed by atoms with Gasteiger partial charge in [-0.1, -0.05) is 23.7 Å². The van der Waals surface area contributed by atoms with Gasteiger partial charge in [0.05, 0.1) is 16.4 Å². The summed E-state index contributed by atoms with van der Waals surface area (Å²) in [6, 6.07) is 7.89. The molecule has 1 aliphatic heterocycles. The SMILES string of the molecule is Cc1nc(CC2CCN(c3ccccc3Cl)CC2)nc([C]=O)c1O. The number of benzene rings is 1. The van der Waals surface area contributed by atoms with Crippen LogP contribution in [0.15, 0.2) is 24.3 Å². The minimum atomic E-state index is -0.178. The summed E-state index contributed by atoms with van der Waals surface area (Å²) in [6.45, 7) is 3.53. The standard InChI is InChI=1S/C18H19ClN3O2/c1-12-18(24)15(11-23)21-17(20-12)10-13-6-8-22(9-7-13)16-5-3-2-4-14(16)19/h2-5,13,24H,6-10H2,1H3. The molecule has 6 heteroatoms. The summed E-state index contributed by atoms with van der Waals surface area (Å²) in [5.74, 6) is 0.870. The normalized spacial score (nSPS) is 15.5. The van der Waals surface area contributed by atoms with E-state index in [1.807, 2.05) is 24.3 Å². The van der Waals surface area contributed by atoms with E-state index in [0.29, 0.717) is 23.9 Å². The van der Waals surface area contributed by atoms with E-state index in [1.165, 1.54) is 0 Å². The molecule has 1 fully saturated rings. The third-order valence-electron chi connectivity index (χ3n) is 4.48. The van der Waals surface area contributed by atoms with Gasteiger partial charge in [0.25, 0.3) is 6.29 Å². The Hall–Kier alpha value is -2.14. The first-order chi connectivity index (χ1) is 11.6. The van der Waals surface area contributed by atoms with Gasteiger partial charge in [-0.05, 0) is 37.8 Å². The largest absolute Gasteiger partial charge is 0.504 e. The molecule has 0 aliphatic carbocycles. The Morgan fingerprint density at radius 2 is 2.00 bits per heavy atom. The van der Waals surface area contributed by atoms with E-state index in [4.69, 9.17) is 11.6 Å². The van der Waals surface area contributed by atoms with Crippen LogP contribution in [0.5, 0.6) is 5.75 Å². The fraction of sp³-hybridized carbons (Fsp3) is 0.389. The van der Waals surface area contributed by atoms with Crippen molar-refractivity contribution in [3.8, 4) is 5.75 Å². The maximum absolute atomic E-state index is 10.9. The van der Waals surface area contributed by atoms with E-state index in [0.717, 1.165) is 36.6 Å². The molecule has 0 amide bonds. The van der Waals surface area contributed by atoms with Crippen molar-refractivity contribution in [3.05, 3.63) is 46.5 Å². The van der Waals surface area contributed by atoms with E-state index in [2.05, 4.69) is 14.9 Å². The number of anilines is 1. The van der Waals surface area contributed by atoms with Crippen LogP contribution in [0.1, 0.15) is 30.1 Å². The molecule has 1 radical (unpaired) electrons. The molecule has 1 aromatic heterocycles. The first kappa shape index (κ1) is 16.7. The fourth-order valence-corrected chi connectivity index (χ4v) is 3.39. The van der Waals surface area contributed by atoms with Crippen molar-refractivity contribution in [1.82, 2.24) is 9.97 Å². The number of hydrogen-bond donors (Lipinski definition) is 1. The summed E-state index contributed by atoms with van der Waals surface area (Å²) in [4.78, 5) is 21.6. The number of aromatic nitrogens is 2. The Kier molecular flexibility index (Phi) is 5.00. The molecule has 0 saturated carbocycles. The van der Waals surface area contributed by atoms with Crippen LogP contribution in [0.2, 0.25) is 5.02 Å². The topological polar surface area (TPSA) is 66.3 Å². The average molecular weight is 345 g/mol. The van der Waals surface area contributed by atoms with Crippen molar-refractivity contribution >= 4 is 23.6 Å². The average Bonchev–Trinajstić information content (AvgIpc) is 2.59. The lowest BCUT2D eigenvalue weighted by molar-refractivity contribution is 0.394. The highest BCUT2D eigenvalue weighted by Crippen LogP contribution is 2.30. The van der Waals surface area contributed by atoms with E-state index in [-0.39, 0.29) is 11.4 Å². The number of aryl methyl sites for hydroxylation is 1. The molecule has 125 valence electrons. The van der Waals surface area contributed by atoms with Crippen molar-refractivity contribution in [3.63, 3.8) is 0 Å². The molecular weight excluding hydrogens is 326 g/mol. The summed E-state index contributed by atoms with van der Waals surface area (Å²) < 4.78 is 0. The van der Waals surface area contributed by atoms with Crippen LogP contribution < -0.4 is 4.90 Å². The van der Waals surface area contributed by atoms with Crippen LogP contribution in [0.25, 0.3) is 0 Å². The maximum atomic E-state index is 10.9. The Labute approximate surface area is 146 Å². The van der Waals surface area contributed by atoms with Crippen LogP contribution in [-0.4, -0.2) is 34.5 Å². The lowest BCUT2D eigenvalue weighted by Crippen LogP contribution is -2.34. The molecule has 2 heterocycles. The van der Waals surface area contributed by atoms with Crippen LogP contribution in [0.3, 0.4) is 0 Å². The van der Waals surface area contributed by atoms with Crippen LogP contribution in [0, 0.1) is 12.8 Å². The van der Waals surface area contributed by atoms with Gasteiger partial charge in [-0.3, -0.25) is 4.79 Å². The second-order valence-electron chi connectivity index (χ2n) is 6.11. The smallest absolute Gasteiger partial charge is 0.257 e. The van der Waals surface area contributed by atoms with Gasteiger partial charge in [0.2, 0.25) is 0 Å². The summed E-state index contributed by atoms with van der Waals surface area (Å²) in [6.07, 6.45) is 4.39. The van der Waals surface area contributed by atoms with Crippen molar-refractivity contribution in [2.24, 2.45) is 5.92 Å². The molecule has 1 saturated heterocycles. The van der Waals surface area contributed by atoms with Gasteiger partial charge in [0.15, 0.2) is 11.4 Å². The lowest BCUT2D eigenvalue weighted by Gasteiger charge is -2.34. The third-order valence-corrected chi connectivity index (χ3v) is 4.80. The second kappa shape index (κ2) is 7.18. The molecule has 1 aliphatic rings. The highest BCUT2D eigenvalue weighted by atomic mass is 35.5.